The minimum atomic E-state index is -0.162. The topological polar surface area (TPSA) is 67.5 Å². The first-order valence-corrected chi connectivity index (χ1v) is 5.74. The van der Waals surface area contributed by atoms with Gasteiger partial charge in [0.2, 0.25) is 0 Å². The molecule has 0 radical (unpaired) electrons. The molecule has 0 amide bonds. The quantitative estimate of drug-likeness (QED) is 0.527. The number of nitrogens with two attached hydrogens (primary N) is 1. The van der Waals surface area contributed by atoms with Crippen LogP contribution in [0.3, 0.4) is 0 Å². The lowest BCUT2D eigenvalue weighted by Crippen LogP contribution is -2.55. The molecule has 2 atom stereocenters. The van der Waals surface area contributed by atoms with Gasteiger partial charge in [0.1, 0.15) is 0 Å². The number of ether oxygens (including phenoxy) is 1. The Morgan fingerprint density at radius 1 is 1.53 bits per heavy atom. The predicted octanol–water partition coefficient (Wildman–Crippen LogP) is 0.491. The molecule has 0 bridgehead atoms. The van der Waals surface area contributed by atoms with Gasteiger partial charge in [-0.25, -0.2) is 0 Å². The number of nitrogens with one attached hydrogen (secondary N) is 1. The summed E-state index contributed by atoms with van der Waals surface area (Å²) in [4.78, 5) is 0. The van der Waals surface area contributed by atoms with E-state index in [-0.39, 0.29) is 12.1 Å². The monoisotopic (exact) mass is 218 g/mol. The summed E-state index contributed by atoms with van der Waals surface area (Å²) in [6.45, 7) is 8.29. The average Bonchev–Trinajstić information content (AvgIpc) is 2.23. The number of aliphatic hydroxyl groups is 1. The Morgan fingerprint density at radius 2 is 2.20 bits per heavy atom. The summed E-state index contributed by atoms with van der Waals surface area (Å²) < 4.78 is 5.40. The van der Waals surface area contributed by atoms with Gasteiger partial charge >= 0.3 is 0 Å². The molecule has 0 aromatic heterocycles. The summed E-state index contributed by atoms with van der Waals surface area (Å²) in [5.41, 5.74) is 5.57. The van der Waals surface area contributed by atoms with Gasteiger partial charge in [-0.1, -0.05) is 0 Å². The molecule has 92 valence electrons. The van der Waals surface area contributed by atoms with E-state index in [1.807, 2.05) is 6.92 Å². The van der Waals surface area contributed by atoms with Crippen LogP contribution in [0.2, 0.25) is 0 Å². The summed E-state index contributed by atoms with van der Waals surface area (Å²) in [6, 6.07) is 0.353. The third-order valence-electron chi connectivity index (χ3n) is 2.47. The summed E-state index contributed by atoms with van der Waals surface area (Å²) in [5.74, 6) is 0. The van der Waals surface area contributed by atoms with E-state index < -0.39 is 0 Å². The minimum absolute atomic E-state index is 0.162. The van der Waals surface area contributed by atoms with Gasteiger partial charge in [0, 0.05) is 25.8 Å². The summed E-state index contributed by atoms with van der Waals surface area (Å²) in [7, 11) is 0. The van der Waals surface area contributed by atoms with Crippen molar-refractivity contribution in [2.45, 2.75) is 45.2 Å². The largest absolute Gasteiger partial charge is 0.396 e. The highest BCUT2D eigenvalue weighted by atomic mass is 16.5. The predicted molar refractivity (Wildman–Crippen MR) is 62.9 cm³/mol. The summed E-state index contributed by atoms with van der Waals surface area (Å²) in [6.07, 6.45) is 1.78. The summed E-state index contributed by atoms with van der Waals surface area (Å²) >= 11 is 0. The average molecular weight is 218 g/mol. The minimum Gasteiger partial charge on any atom is -0.396 e. The molecular weight excluding hydrogens is 192 g/mol. The Bertz CT molecular complexity index is 156. The van der Waals surface area contributed by atoms with Gasteiger partial charge in [0.05, 0.1) is 12.1 Å². The SMILES string of the molecule is CCOCC(C)(CN)NC(C)CCCO. The van der Waals surface area contributed by atoms with Crippen molar-refractivity contribution in [3.05, 3.63) is 0 Å². The van der Waals surface area contributed by atoms with Crippen LogP contribution in [-0.4, -0.2) is 43.1 Å². The van der Waals surface area contributed by atoms with Gasteiger partial charge in [-0.15, -0.1) is 0 Å². The number of hydrogen-bond acceptors (Lipinski definition) is 4. The van der Waals surface area contributed by atoms with E-state index in [0.717, 1.165) is 12.8 Å². The van der Waals surface area contributed by atoms with Crippen molar-refractivity contribution in [3.63, 3.8) is 0 Å². The van der Waals surface area contributed by atoms with Crippen LogP contribution in [0.15, 0.2) is 0 Å². The molecule has 0 aliphatic carbocycles. The standard InChI is InChI=1S/C11H26N2O2/c1-4-15-9-11(3,8-12)13-10(2)6-5-7-14/h10,13-14H,4-9,12H2,1-3H3. The van der Waals surface area contributed by atoms with Gasteiger partial charge in [-0.05, 0) is 33.6 Å². The molecule has 0 aromatic carbocycles. The Morgan fingerprint density at radius 3 is 2.67 bits per heavy atom. The first kappa shape index (κ1) is 14.8. The van der Waals surface area contributed by atoms with Crippen molar-refractivity contribution in [1.29, 1.82) is 0 Å². The second-order valence-corrected chi connectivity index (χ2v) is 4.31. The third-order valence-corrected chi connectivity index (χ3v) is 2.47. The van der Waals surface area contributed by atoms with Gasteiger partial charge in [-0.3, -0.25) is 0 Å². The number of hydrogen-bond donors (Lipinski definition) is 3. The van der Waals surface area contributed by atoms with Crippen LogP contribution >= 0.6 is 0 Å². The lowest BCUT2D eigenvalue weighted by Gasteiger charge is -2.32. The Hall–Kier alpha value is -0.160. The van der Waals surface area contributed by atoms with Crippen molar-refractivity contribution >= 4 is 0 Å². The highest BCUT2D eigenvalue weighted by Gasteiger charge is 2.24. The van der Waals surface area contributed by atoms with Crippen LogP contribution < -0.4 is 11.1 Å². The van der Waals surface area contributed by atoms with Crippen LogP contribution in [0.5, 0.6) is 0 Å². The molecule has 0 saturated heterocycles. The smallest absolute Gasteiger partial charge is 0.0657 e. The molecule has 0 spiro atoms. The molecule has 0 aromatic rings. The highest BCUT2D eigenvalue weighted by molar-refractivity contribution is 4.86. The molecule has 0 heterocycles. The molecule has 4 heteroatoms. The first-order valence-electron chi connectivity index (χ1n) is 5.74. The summed E-state index contributed by atoms with van der Waals surface area (Å²) in [5, 5.41) is 12.2. The maximum Gasteiger partial charge on any atom is 0.0657 e. The normalized spacial score (nSPS) is 17.4. The lowest BCUT2D eigenvalue weighted by atomic mass is 10.0. The van der Waals surface area contributed by atoms with Crippen molar-refractivity contribution in [3.8, 4) is 0 Å². The van der Waals surface area contributed by atoms with Gasteiger partial charge in [0.25, 0.3) is 0 Å². The molecule has 0 aliphatic rings. The first-order chi connectivity index (χ1) is 7.08. The zero-order valence-electron chi connectivity index (χ0n) is 10.3. The van der Waals surface area contributed by atoms with Crippen LogP contribution in [0.4, 0.5) is 0 Å². The number of rotatable bonds is 9. The lowest BCUT2D eigenvalue weighted by molar-refractivity contribution is 0.0813. The molecule has 0 aliphatic heterocycles. The van der Waals surface area contributed by atoms with Crippen LogP contribution in [0.25, 0.3) is 0 Å². The molecular formula is C11H26N2O2. The number of aliphatic hydroxyl groups excluding tert-OH is 1. The van der Waals surface area contributed by atoms with E-state index in [1.54, 1.807) is 0 Å². The molecule has 4 nitrogen and oxygen atoms in total. The third kappa shape index (κ3) is 6.84. The van der Waals surface area contributed by atoms with E-state index >= 15 is 0 Å². The van der Waals surface area contributed by atoms with E-state index in [4.69, 9.17) is 15.6 Å². The fourth-order valence-corrected chi connectivity index (χ4v) is 1.55. The van der Waals surface area contributed by atoms with Crippen LogP contribution in [0.1, 0.15) is 33.6 Å². The molecule has 4 N–H and O–H groups in total. The second kappa shape index (κ2) is 8.05. The fourth-order valence-electron chi connectivity index (χ4n) is 1.55. The van der Waals surface area contributed by atoms with Gasteiger partial charge in [-0.2, -0.15) is 0 Å². The molecule has 2 unspecified atom stereocenters. The Kier molecular flexibility index (Phi) is 7.96. The van der Waals surface area contributed by atoms with E-state index in [9.17, 15) is 0 Å². The second-order valence-electron chi connectivity index (χ2n) is 4.31. The van der Waals surface area contributed by atoms with E-state index in [0.29, 0.717) is 25.8 Å². The van der Waals surface area contributed by atoms with E-state index in [2.05, 4.69) is 19.2 Å². The zero-order chi connectivity index (χ0) is 11.7. The maximum absolute atomic E-state index is 8.73. The van der Waals surface area contributed by atoms with E-state index in [1.165, 1.54) is 0 Å². The van der Waals surface area contributed by atoms with Crippen LogP contribution in [0, 0.1) is 0 Å². The Balaban J connectivity index is 3.93. The van der Waals surface area contributed by atoms with Crippen molar-refractivity contribution in [1.82, 2.24) is 5.32 Å². The van der Waals surface area contributed by atoms with Gasteiger partial charge in [0.15, 0.2) is 0 Å². The maximum atomic E-state index is 8.73. The van der Waals surface area contributed by atoms with Crippen LogP contribution in [-0.2, 0) is 4.74 Å². The molecule has 0 fully saturated rings. The van der Waals surface area contributed by atoms with Crippen molar-refractivity contribution in [2.75, 3.05) is 26.4 Å². The van der Waals surface area contributed by atoms with Crippen molar-refractivity contribution in [2.24, 2.45) is 5.73 Å². The van der Waals surface area contributed by atoms with Gasteiger partial charge < -0.3 is 20.9 Å². The molecule has 15 heavy (non-hydrogen) atoms. The Labute approximate surface area is 93.2 Å². The fraction of sp³-hybridized carbons (Fsp3) is 1.00. The zero-order valence-corrected chi connectivity index (χ0v) is 10.3. The van der Waals surface area contributed by atoms with Crippen molar-refractivity contribution < 1.29 is 9.84 Å². The molecule has 0 rings (SSSR count). The molecule has 0 saturated carbocycles. The highest BCUT2D eigenvalue weighted by Crippen LogP contribution is 2.07.